The molecule has 2 N–H and O–H groups in total. The van der Waals surface area contributed by atoms with Crippen molar-refractivity contribution in [3.05, 3.63) is 47.8 Å². The lowest BCUT2D eigenvalue weighted by molar-refractivity contribution is -0.775. The number of nitrogens with zero attached hydrogens (tertiary/aromatic N) is 2. The standard InChI is InChI=1S/C15H16N2O4/c1-12-2-4-13(5-3-12)8-16-6-7-17(11-16,9-14(18)19)10-15(20)21/h2-7,11H,8-10H2,1H3/p+2. The number of aliphatic carboxylic acids is 2. The molecule has 1 aliphatic heterocycles. The average molecular weight is 290 g/mol. The molecule has 6 heteroatoms. The molecule has 1 aromatic carbocycles. The van der Waals surface area contributed by atoms with E-state index >= 15 is 0 Å². The SMILES string of the molecule is Cc1ccc(C[N+]2=C[N+](CC(=O)O)(CC(=O)O)C=C2)cc1. The predicted octanol–water partition coefficient (Wildman–Crippen LogP) is 1.01. The van der Waals surface area contributed by atoms with Gasteiger partial charge in [0.05, 0.1) is 0 Å². The van der Waals surface area contributed by atoms with E-state index in [4.69, 9.17) is 10.2 Å². The zero-order valence-corrected chi connectivity index (χ0v) is 11.8. The first-order valence-corrected chi connectivity index (χ1v) is 6.55. The number of hydrogen-bond donors (Lipinski definition) is 2. The van der Waals surface area contributed by atoms with Gasteiger partial charge in [-0.2, -0.15) is 4.48 Å². The van der Waals surface area contributed by atoms with Gasteiger partial charge in [0.25, 0.3) is 0 Å². The van der Waals surface area contributed by atoms with Gasteiger partial charge in [-0.3, -0.25) is 0 Å². The molecule has 110 valence electrons. The third-order valence-corrected chi connectivity index (χ3v) is 3.28. The maximum atomic E-state index is 11.0. The highest BCUT2D eigenvalue weighted by molar-refractivity contribution is 5.73. The summed E-state index contributed by atoms with van der Waals surface area (Å²) in [5.41, 5.74) is 2.24. The van der Waals surface area contributed by atoms with Crippen LogP contribution >= 0.6 is 0 Å². The number of benzene rings is 1. The molecule has 1 heterocycles. The first-order valence-electron chi connectivity index (χ1n) is 6.55. The minimum absolute atomic E-state index is 0.212. The van der Waals surface area contributed by atoms with Crippen LogP contribution in [0.3, 0.4) is 0 Å². The lowest BCUT2D eigenvalue weighted by Gasteiger charge is -2.19. The van der Waals surface area contributed by atoms with E-state index in [1.54, 1.807) is 18.7 Å². The second kappa shape index (κ2) is 5.88. The highest BCUT2D eigenvalue weighted by Gasteiger charge is 2.38. The van der Waals surface area contributed by atoms with Crippen LogP contribution in [0.25, 0.3) is 0 Å². The molecule has 0 amide bonds. The zero-order valence-electron chi connectivity index (χ0n) is 11.8. The Morgan fingerprint density at radius 3 is 2.19 bits per heavy atom. The van der Waals surface area contributed by atoms with E-state index in [2.05, 4.69) is 0 Å². The molecular formula is C15H18N2O4+2. The van der Waals surface area contributed by atoms with Crippen LogP contribution in [-0.2, 0) is 16.1 Å². The van der Waals surface area contributed by atoms with E-state index in [-0.39, 0.29) is 17.6 Å². The first-order chi connectivity index (χ1) is 9.88. The number of aryl methyl sites for hydroxylation is 1. The lowest BCUT2D eigenvalue weighted by Crippen LogP contribution is -2.48. The van der Waals surface area contributed by atoms with Gasteiger partial charge in [-0.05, 0) is 6.92 Å². The summed E-state index contributed by atoms with van der Waals surface area (Å²) in [5.74, 6) is -2.07. The zero-order chi connectivity index (χ0) is 15.5. The number of carboxylic acid groups (broad SMARTS) is 2. The Balaban J connectivity index is 2.18. The van der Waals surface area contributed by atoms with Gasteiger partial charge in [-0.15, -0.1) is 4.58 Å². The topological polar surface area (TPSA) is 77.6 Å². The van der Waals surface area contributed by atoms with Crippen molar-refractivity contribution in [2.45, 2.75) is 13.5 Å². The predicted molar refractivity (Wildman–Crippen MR) is 75.6 cm³/mol. The fraction of sp³-hybridized carbons (Fsp3) is 0.267. The van der Waals surface area contributed by atoms with Crippen LogP contribution < -0.4 is 0 Å². The number of hydrogen-bond acceptors (Lipinski definition) is 2. The molecular weight excluding hydrogens is 272 g/mol. The summed E-state index contributed by atoms with van der Waals surface area (Å²) in [6.07, 6.45) is 4.98. The van der Waals surface area contributed by atoms with Crippen LogP contribution in [0.2, 0.25) is 0 Å². The van der Waals surface area contributed by atoms with Gasteiger partial charge in [0.15, 0.2) is 25.8 Å². The molecule has 0 atom stereocenters. The van der Waals surface area contributed by atoms with E-state index < -0.39 is 11.9 Å². The Morgan fingerprint density at radius 1 is 1.10 bits per heavy atom. The fourth-order valence-electron chi connectivity index (χ4n) is 2.34. The Bertz CT molecular complexity index is 601. The van der Waals surface area contributed by atoms with Gasteiger partial charge in [-0.1, -0.05) is 29.8 Å². The highest BCUT2D eigenvalue weighted by atomic mass is 16.4. The summed E-state index contributed by atoms with van der Waals surface area (Å²) < 4.78 is 1.60. The maximum absolute atomic E-state index is 11.0. The van der Waals surface area contributed by atoms with Gasteiger partial charge >= 0.3 is 18.3 Å². The molecule has 0 spiro atoms. The average Bonchev–Trinajstić information content (AvgIpc) is 2.73. The quantitative estimate of drug-likeness (QED) is 0.605. The maximum Gasteiger partial charge on any atom is 0.360 e. The van der Waals surface area contributed by atoms with E-state index in [1.165, 1.54) is 5.56 Å². The van der Waals surface area contributed by atoms with E-state index in [0.29, 0.717) is 6.54 Å². The Hall–Kier alpha value is -2.47. The summed E-state index contributed by atoms with van der Waals surface area (Å²) in [7, 11) is 0. The smallest absolute Gasteiger partial charge is 0.360 e. The van der Waals surface area contributed by atoms with Crippen molar-refractivity contribution in [1.82, 2.24) is 0 Å². The van der Waals surface area contributed by atoms with E-state index in [9.17, 15) is 9.59 Å². The summed E-state index contributed by atoms with van der Waals surface area (Å²) in [4.78, 5) is 21.9. The Labute approximate surface area is 122 Å². The third-order valence-electron chi connectivity index (χ3n) is 3.28. The number of rotatable bonds is 6. The molecule has 6 nitrogen and oxygen atoms in total. The number of carbonyl (C=O) groups is 2. The van der Waals surface area contributed by atoms with Crippen molar-refractivity contribution in [2.24, 2.45) is 0 Å². The van der Waals surface area contributed by atoms with Gasteiger partial charge in [-0.25, -0.2) is 9.59 Å². The monoisotopic (exact) mass is 290 g/mol. The first kappa shape index (κ1) is 14.9. The molecule has 0 saturated carbocycles. The summed E-state index contributed by atoms with van der Waals surface area (Å²) >= 11 is 0. The van der Waals surface area contributed by atoms with Gasteiger partial charge in [0, 0.05) is 5.56 Å². The highest BCUT2D eigenvalue weighted by Crippen LogP contribution is 2.13. The molecule has 21 heavy (non-hydrogen) atoms. The summed E-state index contributed by atoms with van der Waals surface area (Å²) in [6, 6.07) is 8.01. The normalized spacial score (nSPS) is 15.8. The van der Waals surface area contributed by atoms with Crippen molar-refractivity contribution >= 4 is 18.3 Å². The van der Waals surface area contributed by atoms with Crippen LogP contribution in [0, 0.1) is 6.92 Å². The van der Waals surface area contributed by atoms with Crippen LogP contribution in [-0.4, -0.2) is 50.6 Å². The molecule has 0 fully saturated rings. The molecule has 2 rings (SSSR count). The molecule has 0 aliphatic carbocycles. The van der Waals surface area contributed by atoms with Crippen LogP contribution in [0.5, 0.6) is 0 Å². The van der Waals surface area contributed by atoms with Gasteiger partial charge < -0.3 is 10.2 Å². The second-order valence-electron chi connectivity index (χ2n) is 5.28. The Kier molecular flexibility index (Phi) is 4.18. The molecule has 1 aromatic rings. The Morgan fingerprint density at radius 2 is 1.67 bits per heavy atom. The molecule has 0 radical (unpaired) electrons. The molecule has 0 aromatic heterocycles. The van der Waals surface area contributed by atoms with Crippen molar-refractivity contribution in [2.75, 3.05) is 13.1 Å². The van der Waals surface area contributed by atoms with Crippen LogP contribution in [0.1, 0.15) is 11.1 Å². The summed E-state index contributed by atoms with van der Waals surface area (Å²) in [5, 5.41) is 18.0. The molecule has 0 unspecified atom stereocenters. The van der Waals surface area contributed by atoms with E-state index in [0.717, 1.165) is 5.56 Å². The van der Waals surface area contributed by atoms with Crippen LogP contribution in [0.4, 0.5) is 0 Å². The largest absolute Gasteiger partial charge is 0.477 e. The number of carboxylic acids is 2. The fourth-order valence-corrected chi connectivity index (χ4v) is 2.34. The minimum Gasteiger partial charge on any atom is -0.477 e. The van der Waals surface area contributed by atoms with Crippen molar-refractivity contribution < 1.29 is 28.9 Å². The molecule has 1 aliphatic rings. The number of quaternary nitrogens is 1. The second-order valence-corrected chi connectivity index (χ2v) is 5.28. The van der Waals surface area contributed by atoms with Crippen molar-refractivity contribution in [3.8, 4) is 0 Å². The minimum atomic E-state index is -1.03. The summed E-state index contributed by atoms with van der Waals surface area (Å²) in [6.45, 7) is 2.02. The molecule has 0 bridgehead atoms. The van der Waals surface area contributed by atoms with Gasteiger partial charge in [0.1, 0.15) is 0 Å². The van der Waals surface area contributed by atoms with E-state index in [1.807, 2.05) is 35.8 Å². The lowest BCUT2D eigenvalue weighted by atomic mass is 10.1. The molecule has 0 saturated heterocycles. The van der Waals surface area contributed by atoms with Crippen molar-refractivity contribution in [1.29, 1.82) is 0 Å². The van der Waals surface area contributed by atoms with Crippen molar-refractivity contribution in [3.63, 3.8) is 0 Å². The van der Waals surface area contributed by atoms with Crippen LogP contribution in [0.15, 0.2) is 36.7 Å². The third kappa shape index (κ3) is 4.00. The van der Waals surface area contributed by atoms with Gasteiger partial charge in [0.2, 0.25) is 6.20 Å².